The smallest absolute Gasteiger partial charge is 0.191 e. The standard InChI is InChI=1S/C11H23N3O3S/c1-12-11(13-6-4-8-18(2,15)16)14-9-10-5-3-7-17-10/h10H,3-9H2,1-2H3,(H2,12,13,14). The molecule has 1 aliphatic rings. The van der Waals surface area contributed by atoms with Crippen LogP contribution < -0.4 is 10.6 Å². The summed E-state index contributed by atoms with van der Waals surface area (Å²) in [5.41, 5.74) is 0. The molecule has 1 atom stereocenters. The monoisotopic (exact) mass is 277 g/mol. The molecule has 6 nitrogen and oxygen atoms in total. The number of sulfone groups is 1. The first kappa shape index (κ1) is 15.2. The summed E-state index contributed by atoms with van der Waals surface area (Å²) < 4.78 is 27.4. The molecule has 1 rings (SSSR count). The highest BCUT2D eigenvalue weighted by atomic mass is 32.2. The summed E-state index contributed by atoms with van der Waals surface area (Å²) in [7, 11) is -1.18. The van der Waals surface area contributed by atoms with Crippen LogP contribution in [0.3, 0.4) is 0 Å². The third-order valence-electron chi connectivity index (χ3n) is 2.73. The van der Waals surface area contributed by atoms with E-state index in [1.54, 1.807) is 7.05 Å². The lowest BCUT2D eigenvalue weighted by molar-refractivity contribution is 0.114. The van der Waals surface area contributed by atoms with Gasteiger partial charge in [0.2, 0.25) is 0 Å². The Labute approximate surface area is 109 Å². The highest BCUT2D eigenvalue weighted by Gasteiger charge is 2.15. The summed E-state index contributed by atoms with van der Waals surface area (Å²) in [5.74, 6) is 0.891. The van der Waals surface area contributed by atoms with Gasteiger partial charge in [0.15, 0.2) is 5.96 Å². The van der Waals surface area contributed by atoms with Crippen LogP contribution in [-0.2, 0) is 14.6 Å². The molecule has 0 aromatic rings. The highest BCUT2D eigenvalue weighted by molar-refractivity contribution is 7.90. The van der Waals surface area contributed by atoms with Crippen molar-refractivity contribution < 1.29 is 13.2 Å². The Morgan fingerprint density at radius 1 is 1.44 bits per heavy atom. The summed E-state index contributed by atoms with van der Waals surface area (Å²) in [6, 6.07) is 0. The third kappa shape index (κ3) is 6.80. The minimum atomic E-state index is -2.87. The first-order chi connectivity index (χ1) is 8.51. The number of hydrogen-bond donors (Lipinski definition) is 2. The zero-order valence-corrected chi connectivity index (χ0v) is 11.9. The zero-order chi connectivity index (χ0) is 13.4. The van der Waals surface area contributed by atoms with Gasteiger partial charge in [0.25, 0.3) is 0 Å². The molecule has 0 bridgehead atoms. The van der Waals surface area contributed by atoms with E-state index in [4.69, 9.17) is 4.74 Å². The molecule has 2 N–H and O–H groups in total. The maximum absolute atomic E-state index is 11.0. The van der Waals surface area contributed by atoms with Gasteiger partial charge in [-0.15, -0.1) is 0 Å². The molecule has 1 aliphatic heterocycles. The average molecular weight is 277 g/mol. The Morgan fingerprint density at radius 2 is 2.22 bits per heavy atom. The van der Waals surface area contributed by atoms with Gasteiger partial charge in [-0.2, -0.15) is 0 Å². The van der Waals surface area contributed by atoms with E-state index in [0.717, 1.165) is 26.0 Å². The fraction of sp³-hybridized carbons (Fsp3) is 0.909. The maximum atomic E-state index is 11.0. The van der Waals surface area contributed by atoms with Crippen LogP contribution in [0.5, 0.6) is 0 Å². The number of nitrogens with zero attached hydrogens (tertiary/aromatic N) is 1. The lowest BCUT2D eigenvalue weighted by Crippen LogP contribution is -2.41. The number of hydrogen-bond acceptors (Lipinski definition) is 4. The topological polar surface area (TPSA) is 79.8 Å². The summed E-state index contributed by atoms with van der Waals surface area (Å²) in [4.78, 5) is 4.07. The number of guanidine groups is 1. The van der Waals surface area contributed by atoms with E-state index in [1.807, 2.05) is 0 Å². The van der Waals surface area contributed by atoms with Gasteiger partial charge in [-0.1, -0.05) is 0 Å². The first-order valence-corrected chi connectivity index (χ1v) is 8.31. The molecule has 18 heavy (non-hydrogen) atoms. The summed E-state index contributed by atoms with van der Waals surface area (Å²) in [6.07, 6.45) is 4.29. The fourth-order valence-corrected chi connectivity index (χ4v) is 2.45. The van der Waals surface area contributed by atoms with Crippen molar-refractivity contribution >= 4 is 15.8 Å². The number of rotatable bonds is 6. The molecule has 0 amide bonds. The predicted octanol–water partition coefficient (Wildman–Crippen LogP) is -0.235. The normalized spacial score (nSPS) is 21.0. The van der Waals surface area contributed by atoms with Crippen LogP contribution >= 0.6 is 0 Å². The Balaban J connectivity index is 2.13. The molecule has 1 fully saturated rings. The SMILES string of the molecule is CN=C(NCCCS(C)(=O)=O)NCC1CCCO1. The van der Waals surface area contributed by atoms with E-state index < -0.39 is 9.84 Å². The molecule has 0 saturated carbocycles. The number of ether oxygens (including phenoxy) is 1. The third-order valence-corrected chi connectivity index (χ3v) is 3.76. The van der Waals surface area contributed by atoms with Gasteiger partial charge in [-0.3, -0.25) is 4.99 Å². The number of aliphatic imine (C=N–C) groups is 1. The Kier molecular flexibility index (Phi) is 6.42. The lowest BCUT2D eigenvalue weighted by atomic mass is 10.2. The minimum Gasteiger partial charge on any atom is -0.376 e. The molecular formula is C11H23N3O3S. The van der Waals surface area contributed by atoms with Crippen molar-refractivity contribution in [3.05, 3.63) is 0 Å². The van der Waals surface area contributed by atoms with Gasteiger partial charge in [0.1, 0.15) is 9.84 Å². The van der Waals surface area contributed by atoms with E-state index in [0.29, 0.717) is 18.9 Å². The molecule has 7 heteroatoms. The van der Waals surface area contributed by atoms with E-state index in [1.165, 1.54) is 6.26 Å². The second-order valence-corrected chi connectivity index (χ2v) is 6.76. The van der Waals surface area contributed by atoms with Crippen molar-refractivity contribution in [2.24, 2.45) is 4.99 Å². The first-order valence-electron chi connectivity index (χ1n) is 6.25. The highest BCUT2D eigenvalue weighted by Crippen LogP contribution is 2.10. The molecule has 106 valence electrons. The summed E-state index contributed by atoms with van der Waals surface area (Å²) in [5, 5.41) is 6.26. The summed E-state index contributed by atoms with van der Waals surface area (Å²) in [6.45, 7) is 2.18. The molecule has 0 radical (unpaired) electrons. The van der Waals surface area contributed by atoms with Crippen LogP contribution in [0.25, 0.3) is 0 Å². The largest absolute Gasteiger partial charge is 0.376 e. The van der Waals surface area contributed by atoms with Gasteiger partial charge >= 0.3 is 0 Å². The van der Waals surface area contributed by atoms with Crippen molar-refractivity contribution in [3.8, 4) is 0 Å². The molecule has 1 unspecified atom stereocenters. The Bertz CT molecular complexity index is 362. The van der Waals surface area contributed by atoms with Crippen LogP contribution in [0, 0.1) is 0 Å². The Hall–Kier alpha value is -0.820. The van der Waals surface area contributed by atoms with Crippen molar-refractivity contribution in [1.82, 2.24) is 10.6 Å². The van der Waals surface area contributed by atoms with E-state index in [-0.39, 0.29) is 11.9 Å². The molecule has 1 saturated heterocycles. The van der Waals surface area contributed by atoms with Crippen molar-refractivity contribution in [2.45, 2.75) is 25.4 Å². The van der Waals surface area contributed by atoms with Crippen molar-refractivity contribution in [1.29, 1.82) is 0 Å². The van der Waals surface area contributed by atoms with Gasteiger partial charge < -0.3 is 15.4 Å². The van der Waals surface area contributed by atoms with Crippen molar-refractivity contribution in [3.63, 3.8) is 0 Å². The van der Waals surface area contributed by atoms with Gasteiger partial charge in [-0.05, 0) is 19.3 Å². The second kappa shape index (κ2) is 7.58. The number of nitrogens with one attached hydrogen (secondary N) is 2. The van der Waals surface area contributed by atoms with Gasteiger partial charge in [0, 0.05) is 33.0 Å². The maximum Gasteiger partial charge on any atom is 0.191 e. The molecule has 0 aliphatic carbocycles. The molecule has 1 heterocycles. The van der Waals surface area contributed by atoms with E-state index >= 15 is 0 Å². The molecule has 0 spiro atoms. The molecule has 0 aromatic heterocycles. The lowest BCUT2D eigenvalue weighted by Gasteiger charge is -2.14. The minimum absolute atomic E-state index is 0.197. The van der Waals surface area contributed by atoms with Crippen LogP contribution in [-0.4, -0.2) is 59.2 Å². The van der Waals surface area contributed by atoms with Crippen LogP contribution in [0.2, 0.25) is 0 Å². The average Bonchev–Trinajstić information content (AvgIpc) is 2.79. The van der Waals surface area contributed by atoms with Crippen LogP contribution in [0.1, 0.15) is 19.3 Å². The molecular weight excluding hydrogens is 254 g/mol. The van der Waals surface area contributed by atoms with Crippen LogP contribution in [0.4, 0.5) is 0 Å². The Morgan fingerprint density at radius 3 is 2.78 bits per heavy atom. The quantitative estimate of drug-likeness (QED) is 0.398. The predicted molar refractivity (Wildman–Crippen MR) is 72.7 cm³/mol. The summed E-state index contributed by atoms with van der Waals surface area (Å²) >= 11 is 0. The zero-order valence-electron chi connectivity index (χ0n) is 11.1. The fourth-order valence-electron chi connectivity index (χ4n) is 1.78. The second-order valence-electron chi connectivity index (χ2n) is 4.50. The van der Waals surface area contributed by atoms with Crippen molar-refractivity contribution in [2.75, 3.05) is 38.8 Å². The van der Waals surface area contributed by atoms with Gasteiger partial charge in [0.05, 0.1) is 11.9 Å². The van der Waals surface area contributed by atoms with Crippen LogP contribution in [0.15, 0.2) is 4.99 Å². The molecule has 0 aromatic carbocycles. The van der Waals surface area contributed by atoms with E-state index in [2.05, 4.69) is 15.6 Å². The van der Waals surface area contributed by atoms with Gasteiger partial charge in [-0.25, -0.2) is 8.42 Å². The van der Waals surface area contributed by atoms with E-state index in [9.17, 15) is 8.42 Å².